The average Bonchev–Trinajstić information content (AvgIpc) is 2.76. The summed E-state index contributed by atoms with van der Waals surface area (Å²) in [7, 11) is 3.18. The maximum absolute atomic E-state index is 12.9. The minimum atomic E-state index is -0.250. The number of hydrogen-bond donors (Lipinski definition) is 2. The summed E-state index contributed by atoms with van der Waals surface area (Å²) >= 11 is 7.84. The average molecular weight is 469 g/mol. The van der Waals surface area contributed by atoms with Gasteiger partial charge in [0.25, 0.3) is 5.91 Å². The molecule has 1 fully saturated rings. The maximum atomic E-state index is 12.9. The number of aromatic nitrogens is 1. The molecule has 1 aliphatic rings. The molecule has 10 heteroatoms. The van der Waals surface area contributed by atoms with Gasteiger partial charge in [-0.05, 0) is 24.6 Å². The van der Waals surface area contributed by atoms with E-state index in [1.54, 1.807) is 31.1 Å². The van der Waals surface area contributed by atoms with Crippen LogP contribution >= 0.6 is 23.4 Å². The number of amides is 1. The number of halogens is 1. The molecule has 1 aromatic carbocycles. The Balaban J connectivity index is 0.00000341. The number of pyridine rings is 1. The van der Waals surface area contributed by atoms with Gasteiger partial charge >= 0.3 is 0 Å². The van der Waals surface area contributed by atoms with Gasteiger partial charge in [-0.25, -0.2) is 4.98 Å². The summed E-state index contributed by atoms with van der Waals surface area (Å²) in [5.41, 5.74) is 6.54. The van der Waals surface area contributed by atoms with Gasteiger partial charge < -0.3 is 26.0 Å². The Morgan fingerprint density at radius 3 is 2.87 bits per heavy atom. The molecule has 1 saturated heterocycles. The van der Waals surface area contributed by atoms with Crippen LogP contribution in [0.15, 0.2) is 41.6 Å². The van der Waals surface area contributed by atoms with Crippen LogP contribution in [0.4, 0.5) is 5.69 Å². The number of nitrogens with two attached hydrogens (primary N) is 1. The number of benzene rings is 1. The second-order valence-electron chi connectivity index (χ2n) is 7.03. The highest BCUT2D eigenvalue weighted by Crippen LogP contribution is 2.29. The fourth-order valence-electron chi connectivity index (χ4n) is 3.46. The van der Waals surface area contributed by atoms with Crippen LogP contribution in [-0.4, -0.2) is 73.0 Å². The molecule has 0 unspecified atom stereocenters. The van der Waals surface area contributed by atoms with Gasteiger partial charge in [-0.1, -0.05) is 17.7 Å². The van der Waals surface area contributed by atoms with Crippen molar-refractivity contribution >= 4 is 35.0 Å². The Labute approximate surface area is 191 Å². The number of methoxy groups -OCH3 is 2. The van der Waals surface area contributed by atoms with E-state index in [4.69, 9.17) is 26.8 Å². The molecule has 170 valence electrons. The first-order valence-corrected chi connectivity index (χ1v) is 11.1. The fraction of sp³-hybridized carbons (Fsp3) is 0.429. The summed E-state index contributed by atoms with van der Waals surface area (Å²) in [6.07, 6.45) is 2.50. The normalized spacial score (nSPS) is 18.8. The van der Waals surface area contributed by atoms with Crippen LogP contribution in [0, 0.1) is 0 Å². The SMILES string of the molecule is COc1cc(N)c(Cl)cc1C(=O)N[C@H]1CCN(CCSc2ccccn2)C[C@H]1OC.O. The van der Waals surface area contributed by atoms with Gasteiger partial charge in [0.2, 0.25) is 0 Å². The van der Waals surface area contributed by atoms with E-state index in [1.807, 2.05) is 18.2 Å². The number of thioether (sulfide) groups is 1. The molecule has 5 N–H and O–H groups in total. The summed E-state index contributed by atoms with van der Waals surface area (Å²) in [4.78, 5) is 19.5. The van der Waals surface area contributed by atoms with Crippen molar-refractivity contribution in [3.63, 3.8) is 0 Å². The lowest BCUT2D eigenvalue weighted by Gasteiger charge is -2.38. The third kappa shape index (κ3) is 6.72. The molecular weight excluding hydrogens is 440 g/mol. The van der Waals surface area contributed by atoms with Crippen LogP contribution in [0.2, 0.25) is 5.02 Å². The number of nitrogen functional groups attached to an aromatic ring is 1. The molecule has 3 rings (SSSR count). The topological polar surface area (TPSA) is 121 Å². The van der Waals surface area contributed by atoms with Gasteiger partial charge in [0, 0.05) is 44.8 Å². The van der Waals surface area contributed by atoms with Crippen molar-refractivity contribution in [2.75, 3.05) is 45.3 Å². The first-order valence-electron chi connectivity index (χ1n) is 9.74. The number of anilines is 1. The number of hydrogen-bond acceptors (Lipinski definition) is 7. The van der Waals surface area contributed by atoms with E-state index in [1.165, 1.54) is 13.2 Å². The van der Waals surface area contributed by atoms with Crippen molar-refractivity contribution in [2.45, 2.75) is 23.6 Å². The van der Waals surface area contributed by atoms with Crippen molar-refractivity contribution < 1.29 is 19.7 Å². The van der Waals surface area contributed by atoms with E-state index < -0.39 is 0 Å². The molecule has 2 aromatic rings. The predicted octanol–water partition coefficient (Wildman–Crippen LogP) is 2.11. The Kier molecular flexibility index (Phi) is 9.86. The molecule has 0 saturated carbocycles. The van der Waals surface area contributed by atoms with Gasteiger partial charge in [0.1, 0.15) is 5.75 Å². The van der Waals surface area contributed by atoms with Crippen LogP contribution < -0.4 is 15.8 Å². The molecule has 2 heterocycles. The predicted molar refractivity (Wildman–Crippen MR) is 124 cm³/mol. The molecule has 31 heavy (non-hydrogen) atoms. The Morgan fingerprint density at radius 2 is 2.19 bits per heavy atom. The molecule has 1 aromatic heterocycles. The van der Waals surface area contributed by atoms with Crippen molar-refractivity contribution in [1.82, 2.24) is 15.2 Å². The first kappa shape index (κ1) is 25.2. The summed E-state index contributed by atoms with van der Waals surface area (Å²) < 4.78 is 11.0. The van der Waals surface area contributed by atoms with Crippen molar-refractivity contribution in [2.24, 2.45) is 0 Å². The second-order valence-corrected chi connectivity index (χ2v) is 8.56. The van der Waals surface area contributed by atoms with Gasteiger partial charge in [-0.15, -0.1) is 11.8 Å². The molecular formula is C21H29ClN4O4S. The first-order chi connectivity index (χ1) is 14.5. The van der Waals surface area contributed by atoms with Crippen LogP contribution in [0.1, 0.15) is 16.8 Å². The van der Waals surface area contributed by atoms with Gasteiger partial charge in [-0.3, -0.25) is 9.69 Å². The Morgan fingerprint density at radius 1 is 1.39 bits per heavy atom. The van der Waals surface area contributed by atoms with Crippen molar-refractivity contribution in [1.29, 1.82) is 0 Å². The fourth-order valence-corrected chi connectivity index (χ4v) is 4.49. The van der Waals surface area contributed by atoms with Crippen LogP contribution in [0.25, 0.3) is 0 Å². The largest absolute Gasteiger partial charge is 0.496 e. The number of nitrogens with one attached hydrogen (secondary N) is 1. The summed E-state index contributed by atoms with van der Waals surface area (Å²) in [5, 5.41) is 4.43. The van der Waals surface area contributed by atoms with E-state index in [2.05, 4.69) is 15.2 Å². The highest BCUT2D eigenvalue weighted by Gasteiger charge is 2.31. The quantitative estimate of drug-likeness (QED) is 0.449. The van der Waals surface area contributed by atoms with Gasteiger partial charge in [-0.2, -0.15) is 0 Å². The third-order valence-electron chi connectivity index (χ3n) is 5.12. The molecule has 0 radical (unpaired) electrons. The van der Waals surface area contributed by atoms with Gasteiger partial charge in [0.05, 0.1) is 40.6 Å². The van der Waals surface area contributed by atoms with Crippen molar-refractivity contribution in [3.05, 3.63) is 47.1 Å². The number of ether oxygens (including phenoxy) is 2. The number of rotatable bonds is 8. The molecule has 1 aliphatic heterocycles. The smallest absolute Gasteiger partial charge is 0.255 e. The Bertz CT molecular complexity index is 859. The molecule has 1 amide bonds. The monoisotopic (exact) mass is 468 g/mol. The van der Waals surface area contributed by atoms with E-state index in [0.29, 0.717) is 22.0 Å². The summed E-state index contributed by atoms with van der Waals surface area (Å²) in [6, 6.07) is 8.93. The van der Waals surface area contributed by atoms with Crippen LogP contribution in [0.5, 0.6) is 5.75 Å². The van der Waals surface area contributed by atoms with Gasteiger partial charge in [0.15, 0.2) is 0 Å². The van der Waals surface area contributed by atoms with E-state index in [9.17, 15) is 4.79 Å². The molecule has 0 bridgehead atoms. The zero-order valence-corrected chi connectivity index (χ0v) is 19.2. The highest BCUT2D eigenvalue weighted by molar-refractivity contribution is 7.99. The number of carbonyl (C=O) groups is 1. The minimum Gasteiger partial charge on any atom is -0.496 e. The van der Waals surface area contributed by atoms with E-state index in [-0.39, 0.29) is 23.5 Å². The molecule has 2 atom stereocenters. The van der Waals surface area contributed by atoms with E-state index in [0.717, 1.165) is 36.8 Å². The van der Waals surface area contributed by atoms with Crippen molar-refractivity contribution in [3.8, 4) is 5.75 Å². The third-order valence-corrected chi connectivity index (χ3v) is 6.37. The lowest BCUT2D eigenvalue weighted by molar-refractivity contribution is 0.00834. The number of likely N-dealkylation sites (tertiary alicyclic amines) is 1. The molecule has 0 aliphatic carbocycles. The zero-order valence-electron chi connectivity index (χ0n) is 17.6. The number of nitrogens with zero attached hydrogens (tertiary/aromatic N) is 2. The summed E-state index contributed by atoms with van der Waals surface area (Å²) in [6.45, 7) is 2.57. The lowest BCUT2D eigenvalue weighted by Crippen LogP contribution is -2.55. The van der Waals surface area contributed by atoms with Crippen LogP contribution in [-0.2, 0) is 4.74 Å². The number of carbonyl (C=O) groups excluding carboxylic acids is 1. The maximum Gasteiger partial charge on any atom is 0.255 e. The lowest BCUT2D eigenvalue weighted by atomic mass is 10.0. The summed E-state index contributed by atoms with van der Waals surface area (Å²) in [5.74, 6) is 1.10. The number of piperidine rings is 1. The second kappa shape index (κ2) is 12.1. The minimum absolute atomic E-state index is 0. The Hall–Kier alpha value is -2.04. The molecule has 8 nitrogen and oxygen atoms in total. The zero-order chi connectivity index (χ0) is 21.5. The van der Waals surface area contributed by atoms with Crippen LogP contribution in [0.3, 0.4) is 0 Å². The van der Waals surface area contributed by atoms with E-state index >= 15 is 0 Å². The highest BCUT2D eigenvalue weighted by atomic mass is 35.5. The standard InChI is InChI=1S/C21H27ClN4O3S.H2O/c1-28-18-12-16(23)15(22)11-14(18)21(27)25-17-6-8-26(13-19(17)29-2)9-10-30-20-5-3-4-7-24-20;/h3-5,7,11-12,17,19H,6,8-10,13,23H2,1-2H3,(H,25,27);1H2/t17-,19+;/m0./s1. The molecule has 0 spiro atoms.